The molecular weight excluding hydrogens is 967 g/mol. The molecule has 396 valence electrons. The molecule has 0 radical (unpaired) electrons. The molecular formula is C65H85N3O3S3. The lowest BCUT2D eigenvalue weighted by molar-refractivity contribution is 0.531. The van der Waals surface area contributed by atoms with Crippen LogP contribution in [0.5, 0.6) is 0 Å². The highest BCUT2D eigenvalue weighted by Gasteiger charge is 1.93. The van der Waals surface area contributed by atoms with Crippen LogP contribution in [0.3, 0.4) is 0 Å². The monoisotopic (exact) mass is 1050 g/mol. The van der Waals surface area contributed by atoms with Crippen LogP contribution in [-0.2, 0) is 0 Å². The summed E-state index contributed by atoms with van der Waals surface area (Å²) in [4.78, 5) is 14.8. The van der Waals surface area contributed by atoms with Crippen molar-refractivity contribution >= 4 is 34.0 Å². The molecule has 0 amide bonds. The Kier molecular flexibility index (Phi) is 33.1. The van der Waals surface area contributed by atoms with Crippen LogP contribution in [0.2, 0.25) is 0 Å². The van der Waals surface area contributed by atoms with Crippen LogP contribution in [0.1, 0.15) is 110 Å². The van der Waals surface area contributed by atoms with Crippen LogP contribution in [0.15, 0.2) is 164 Å². The van der Waals surface area contributed by atoms with Gasteiger partial charge >= 0.3 is 0 Å². The Bertz CT molecular complexity index is 2340. The van der Waals surface area contributed by atoms with Gasteiger partial charge in [-0.2, -0.15) is 11.3 Å². The van der Waals surface area contributed by atoms with Gasteiger partial charge in [0.2, 0.25) is 0 Å². The number of hydrogen-bond acceptors (Lipinski definition) is 9. The standard InChI is InChI=1S/C8H10.3C7H9N.3C6H8O.3C6H8S/c1-7-5-3-4-6-8(7)2;2*1-6-3-4-8-5-7(6)2;1-6-4-3-5-8-7(6)2;1-5-3-7-4-6(5)2;2*1-5-3-4-7-6(5)2;1-5-3-7-4-6(5)2;2*1-5-3-4-7-6(5)2/h3-6H,1-2H3;3*3-5H,1-2H3;6*3-4H,1-2H3. The minimum Gasteiger partial charge on any atom is -0.472 e. The van der Waals surface area contributed by atoms with E-state index in [0.717, 1.165) is 17.2 Å². The van der Waals surface area contributed by atoms with Crippen LogP contribution in [0.4, 0.5) is 0 Å². The average molecular weight is 1050 g/mol. The van der Waals surface area contributed by atoms with E-state index < -0.39 is 0 Å². The number of rotatable bonds is 0. The van der Waals surface area contributed by atoms with Gasteiger partial charge in [-0.15, -0.1) is 22.7 Å². The van der Waals surface area contributed by atoms with Crippen molar-refractivity contribution in [1.29, 1.82) is 0 Å². The molecule has 0 unspecified atom stereocenters. The maximum Gasteiger partial charge on any atom is 0.103 e. The predicted octanol–water partition coefficient (Wildman–Crippen LogP) is 20.2. The quantitative estimate of drug-likeness (QED) is 0.151. The molecule has 9 heterocycles. The van der Waals surface area contributed by atoms with Crippen LogP contribution in [-0.4, -0.2) is 15.0 Å². The fourth-order valence-corrected chi connectivity index (χ4v) is 7.26. The van der Waals surface area contributed by atoms with Crippen molar-refractivity contribution in [3.05, 3.63) is 261 Å². The van der Waals surface area contributed by atoms with E-state index in [4.69, 9.17) is 13.3 Å². The third-order valence-corrected chi connectivity index (χ3v) is 14.9. The first kappa shape index (κ1) is 65.6. The minimum atomic E-state index is 1.01. The summed E-state index contributed by atoms with van der Waals surface area (Å²) in [7, 11) is 0. The highest BCUT2D eigenvalue weighted by molar-refractivity contribution is 7.10. The predicted molar refractivity (Wildman–Crippen MR) is 323 cm³/mol. The lowest BCUT2D eigenvalue weighted by Gasteiger charge is -1.93. The Morgan fingerprint density at radius 3 is 0.892 bits per heavy atom. The van der Waals surface area contributed by atoms with Crippen molar-refractivity contribution in [2.45, 2.75) is 138 Å². The van der Waals surface area contributed by atoms with Gasteiger partial charge < -0.3 is 13.3 Å². The van der Waals surface area contributed by atoms with Gasteiger partial charge in [0.05, 0.1) is 25.1 Å². The second-order valence-electron chi connectivity index (χ2n) is 18.0. The zero-order valence-corrected chi connectivity index (χ0v) is 50.7. The maximum absolute atomic E-state index is 4.96. The van der Waals surface area contributed by atoms with Gasteiger partial charge in [-0.1, -0.05) is 30.3 Å². The summed E-state index contributed by atoms with van der Waals surface area (Å²) in [5.41, 5.74) is 20.8. The molecule has 74 heavy (non-hydrogen) atoms. The van der Waals surface area contributed by atoms with Crippen LogP contribution < -0.4 is 0 Å². The number of nitrogens with zero attached hydrogens (tertiary/aromatic N) is 3. The van der Waals surface area contributed by atoms with Crippen molar-refractivity contribution < 1.29 is 13.3 Å². The van der Waals surface area contributed by atoms with Gasteiger partial charge in [-0.25, -0.2) is 0 Å². The molecule has 0 saturated carbocycles. The Balaban J connectivity index is 0.000000411. The zero-order chi connectivity index (χ0) is 55.6. The number of pyridine rings is 3. The molecule has 0 aliphatic rings. The normalized spacial score (nSPS) is 9.35. The first-order valence-electron chi connectivity index (χ1n) is 24.7. The highest BCUT2D eigenvalue weighted by Crippen LogP contribution is 2.14. The van der Waals surface area contributed by atoms with Gasteiger partial charge in [0.1, 0.15) is 11.5 Å². The van der Waals surface area contributed by atoms with Crippen molar-refractivity contribution in [3.8, 4) is 0 Å². The average Bonchev–Trinajstić information content (AvgIpc) is 4.27. The number of aromatic nitrogens is 3. The summed E-state index contributed by atoms with van der Waals surface area (Å²) in [6.07, 6.45) is 16.1. The molecule has 10 aromatic rings. The summed E-state index contributed by atoms with van der Waals surface area (Å²) in [5.74, 6) is 2.03. The lowest BCUT2D eigenvalue weighted by Crippen LogP contribution is -1.81. The molecule has 0 atom stereocenters. The number of hydrogen-bond donors (Lipinski definition) is 0. The highest BCUT2D eigenvalue weighted by atomic mass is 32.1. The fourth-order valence-electron chi connectivity index (χ4n) is 4.96. The zero-order valence-electron chi connectivity index (χ0n) is 48.2. The van der Waals surface area contributed by atoms with E-state index >= 15 is 0 Å². The summed E-state index contributed by atoms with van der Waals surface area (Å²) in [6.45, 7) is 41.4. The van der Waals surface area contributed by atoms with Gasteiger partial charge in [-0.05, 0) is 286 Å². The number of thiophene rings is 3. The van der Waals surface area contributed by atoms with E-state index in [2.05, 4.69) is 169 Å². The first-order chi connectivity index (χ1) is 35.0. The van der Waals surface area contributed by atoms with Crippen LogP contribution in [0.25, 0.3) is 0 Å². The molecule has 9 aromatic heterocycles. The van der Waals surface area contributed by atoms with Crippen molar-refractivity contribution in [2.24, 2.45) is 0 Å². The van der Waals surface area contributed by atoms with E-state index in [9.17, 15) is 0 Å². The number of aryl methyl sites for hydroxylation is 20. The molecule has 0 aliphatic carbocycles. The molecule has 1 aromatic carbocycles. The molecule has 0 saturated heterocycles. The lowest BCUT2D eigenvalue weighted by atomic mass is 10.1. The van der Waals surface area contributed by atoms with Gasteiger partial charge in [0.25, 0.3) is 0 Å². The molecule has 0 fully saturated rings. The summed E-state index contributed by atoms with van der Waals surface area (Å²) in [6, 6.07) is 24.6. The molecule has 6 nitrogen and oxygen atoms in total. The molecule has 0 bridgehead atoms. The van der Waals surface area contributed by atoms with E-state index in [1.165, 1.54) is 93.2 Å². The summed E-state index contributed by atoms with van der Waals surface area (Å²) in [5, 5.41) is 8.56. The third kappa shape index (κ3) is 28.7. The van der Waals surface area contributed by atoms with E-state index in [1.54, 1.807) is 59.1 Å². The van der Waals surface area contributed by atoms with Crippen LogP contribution in [0, 0.1) is 138 Å². The van der Waals surface area contributed by atoms with E-state index in [0.29, 0.717) is 0 Å². The van der Waals surface area contributed by atoms with Gasteiger partial charge in [0.15, 0.2) is 0 Å². The minimum absolute atomic E-state index is 1.01. The molecule has 0 N–H and O–H groups in total. The van der Waals surface area contributed by atoms with Gasteiger partial charge in [-0.3, -0.25) is 15.0 Å². The smallest absolute Gasteiger partial charge is 0.103 e. The number of benzene rings is 1. The van der Waals surface area contributed by atoms with Crippen molar-refractivity contribution in [3.63, 3.8) is 0 Å². The first-order valence-corrected chi connectivity index (χ1v) is 27.4. The Morgan fingerprint density at radius 2 is 0.730 bits per heavy atom. The van der Waals surface area contributed by atoms with Crippen molar-refractivity contribution in [1.82, 2.24) is 15.0 Å². The van der Waals surface area contributed by atoms with Gasteiger partial charge in [0, 0.05) is 46.4 Å². The second-order valence-corrected chi connectivity index (χ2v) is 21.0. The Morgan fingerprint density at radius 1 is 0.338 bits per heavy atom. The molecule has 10 rings (SSSR count). The third-order valence-electron chi connectivity index (χ3n) is 12.0. The second kappa shape index (κ2) is 37.4. The fraction of sp³-hybridized carbons (Fsp3) is 0.308. The molecule has 9 heteroatoms. The Hall–Kier alpha value is -6.39. The van der Waals surface area contributed by atoms with Crippen molar-refractivity contribution in [2.75, 3.05) is 0 Å². The molecule has 0 spiro atoms. The Labute approximate surface area is 458 Å². The summed E-state index contributed by atoms with van der Waals surface area (Å²) < 4.78 is 14.8. The maximum atomic E-state index is 4.96. The van der Waals surface area contributed by atoms with Crippen LogP contribution >= 0.6 is 34.0 Å². The van der Waals surface area contributed by atoms with E-state index in [-0.39, 0.29) is 0 Å². The summed E-state index contributed by atoms with van der Waals surface area (Å²) >= 11 is 5.37. The topological polar surface area (TPSA) is 78.1 Å². The van der Waals surface area contributed by atoms with E-state index in [1.807, 2.05) is 110 Å². The number of furan rings is 3. The molecule has 0 aliphatic heterocycles. The SMILES string of the molecule is Cc1ccccc1C.Cc1cccnc1C.Cc1ccncc1C.Cc1ccncc1C.Cc1ccoc1C.Cc1ccoc1C.Cc1ccsc1C.Cc1ccsc1C.Cc1cocc1C.Cc1cscc1C. The largest absolute Gasteiger partial charge is 0.472 e.